The van der Waals surface area contributed by atoms with Crippen LogP contribution < -0.4 is 9.80 Å². The van der Waals surface area contributed by atoms with E-state index < -0.39 is 0 Å². The highest BCUT2D eigenvalue weighted by Gasteiger charge is 2.13. The summed E-state index contributed by atoms with van der Waals surface area (Å²) in [4.78, 5) is 4.40. The maximum atomic E-state index is 2.28. The lowest BCUT2D eigenvalue weighted by molar-refractivity contribution is 1.13. The summed E-state index contributed by atoms with van der Waals surface area (Å²) in [6.07, 6.45) is 0. The van der Waals surface area contributed by atoms with Crippen LogP contribution in [0.1, 0.15) is 0 Å². The van der Waals surface area contributed by atoms with Crippen molar-refractivity contribution < 1.29 is 0 Å². The Morgan fingerprint density at radius 1 is 0.700 bits per heavy atom. The van der Waals surface area contributed by atoms with Crippen LogP contribution in [0.3, 0.4) is 0 Å². The maximum absolute atomic E-state index is 2.28. The Morgan fingerprint density at radius 2 is 1.40 bits per heavy atom. The number of benzene rings is 3. The van der Waals surface area contributed by atoms with Crippen molar-refractivity contribution in [2.24, 2.45) is 0 Å². The molecule has 3 rings (SSSR count). The number of anilines is 2. The molecule has 0 atom stereocenters. The highest BCUT2D eigenvalue weighted by Crippen LogP contribution is 2.39. The number of fused-ring (bicyclic) bond motifs is 2. The highest BCUT2D eigenvalue weighted by atomic mass is 15.1. The summed E-state index contributed by atoms with van der Waals surface area (Å²) in [5.41, 5.74) is 2.55. The van der Waals surface area contributed by atoms with Crippen LogP contribution in [-0.4, -0.2) is 28.2 Å². The third-order valence-electron chi connectivity index (χ3n) is 3.77. The first-order chi connectivity index (χ1) is 9.59. The minimum atomic E-state index is 1.26. The second kappa shape index (κ2) is 4.71. The second-order valence-electron chi connectivity index (χ2n) is 5.61. The first-order valence-electron chi connectivity index (χ1n) is 6.88. The SMILES string of the molecule is CN(C)c1cccc2cc3ccccc3c(N(C)C)c12. The Bertz CT molecular complexity index is 773. The molecule has 3 aromatic carbocycles. The number of nitrogens with zero attached hydrogens (tertiary/aromatic N) is 2. The summed E-state index contributed by atoms with van der Waals surface area (Å²) in [5, 5.41) is 5.21. The molecule has 0 aliphatic rings. The van der Waals surface area contributed by atoms with Gasteiger partial charge in [0.2, 0.25) is 0 Å². The van der Waals surface area contributed by atoms with Crippen molar-refractivity contribution in [1.29, 1.82) is 0 Å². The van der Waals surface area contributed by atoms with Gasteiger partial charge in [-0.1, -0.05) is 36.4 Å². The lowest BCUT2D eigenvalue weighted by Gasteiger charge is -2.23. The van der Waals surface area contributed by atoms with E-state index in [0.29, 0.717) is 0 Å². The van der Waals surface area contributed by atoms with E-state index in [1.165, 1.54) is 32.9 Å². The molecule has 0 amide bonds. The molecule has 3 aromatic rings. The molecule has 0 aliphatic carbocycles. The first-order valence-corrected chi connectivity index (χ1v) is 6.88. The van der Waals surface area contributed by atoms with Crippen LogP contribution in [-0.2, 0) is 0 Å². The summed E-state index contributed by atoms with van der Waals surface area (Å²) in [6, 6.07) is 17.4. The fraction of sp³-hybridized carbons (Fsp3) is 0.222. The van der Waals surface area contributed by atoms with Gasteiger partial charge in [0, 0.05) is 44.7 Å². The quantitative estimate of drug-likeness (QED) is 0.642. The lowest BCUT2D eigenvalue weighted by atomic mass is 9.99. The fourth-order valence-electron chi connectivity index (χ4n) is 2.91. The summed E-state index contributed by atoms with van der Waals surface area (Å²) in [7, 11) is 8.44. The first kappa shape index (κ1) is 12.8. The van der Waals surface area contributed by atoms with Gasteiger partial charge in [-0.3, -0.25) is 0 Å². The smallest absolute Gasteiger partial charge is 0.0541 e. The highest BCUT2D eigenvalue weighted by molar-refractivity contribution is 6.15. The molecule has 0 radical (unpaired) electrons. The molecular weight excluding hydrogens is 244 g/mol. The van der Waals surface area contributed by atoms with E-state index in [1.54, 1.807) is 0 Å². The van der Waals surface area contributed by atoms with E-state index >= 15 is 0 Å². The van der Waals surface area contributed by atoms with E-state index in [-0.39, 0.29) is 0 Å². The van der Waals surface area contributed by atoms with Crippen molar-refractivity contribution in [3.8, 4) is 0 Å². The van der Waals surface area contributed by atoms with E-state index in [0.717, 1.165) is 0 Å². The predicted molar refractivity (Wildman–Crippen MR) is 90.1 cm³/mol. The van der Waals surface area contributed by atoms with Gasteiger partial charge < -0.3 is 9.80 Å². The molecule has 2 heteroatoms. The lowest BCUT2D eigenvalue weighted by Crippen LogP contribution is -2.13. The van der Waals surface area contributed by atoms with Crippen LogP contribution in [0.25, 0.3) is 21.5 Å². The van der Waals surface area contributed by atoms with Gasteiger partial charge in [-0.05, 0) is 22.9 Å². The monoisotopic (exact) mass is 264 g/mol. The zero-order chi connectivity index (χ0) is 14.3. The van der Waals surface area contributed by atoms with Gasteiger partial charge in [0.25, 0.3) is 0 Å². The number of hydrogen-bond donors (Lipinski definition) is 0. The van der Waals surface area contributed by atoms with Gasteiger partial charge in [-0.15, -0.1) is 0 Å². The molecule has 2 nitrogen and oxygen atoms in total. The van der Waals surface area contributed by atoms with Crippen LogP contribution >= 0.6 is 0 Å². The Morgan fingerprint density at radius 3 is 2.10 bits per heavy atom. The van der Waals surface area contributed by atoms with Gasteiger partial charge in [0.15, 0.2) is 0 Å². The standard InChI is InChI=1S/C18H20N2/c1-19(2)16-11-7-9-14-12-13-8-5-6-10-15(13)18(17(14)16)20(3)4/h5-12H,1-4H3. The van der Waals surface area contributed by atoms with Crippen molar-refractivity contribution in [3.05, 3.63) is 48.5 Å². The van der Waals surface area contributed by atoms with Gasteiger partial charge in [-0.2, -0.15) is 0 Å². The van der Waals surface area contributed by atoms with Crippen molar-refractivity contribution in [1.82, 2.24) is 0 Å². The van der Waals surface area contributed by atoms with Crippen molar-refractivity contribution in [3.63, 3.8) is 0 Å². The Kier molecular flexibility index (Phi) is 3.01. The molecule has 0 heterocycles. The molecule has 20 heavy (non-hydrogen) atoms. The molecule has 0 unspecified atom stereocenters. The molecule has 0 aliphatic heterocycles. The van der Waals surface area contributed by atoms with Gasteiger partial charge in [0.05, 0.1) is 5.69 Å². The zero-order valence-electron chi connectivity index (χ0n) is 12.5. The second-order valence-corrected chi connectivity index (χ2v) is 5.61. The molecule has 0 fully saturated rings. The molecule has 102 valence electrons. The Hall–Kier alpha value is -2.22. The molecule has 0 spiro atoms. The van der Waals surface area contributed by atoms with Gasteiger partial charge >= 0.3 is 0 Å². The Labute approximate surface area is 120 Å². The molecule has 0 N–H and O–H groups in total. The normalized spacial score (nSPS) is 11.0. The predicted octanol–water partition coefficient (Wildman–Crippen LogP) is 4.13. The summed E-state index contributed by atoms with van der Waals surface area (Å²) >= 11 is 0. The maximum Gasteiger partial charge on any atom is 0.0541 e. The van der Waals surface area contributed by atoms with Crippen LogP contribution in [0, 0.1) is 0 Å². The topological polar surface area (TPSA) is 6.48 Å². The molecule has 0 saturated carbocycles. The fourth-order valence-corrected chi connectivity index (χ4v) is 2.91. The number of rotatable bonds is 2. The average Bonchev–Trinajstić information content (AvgIpc) is 2.43. The van der Waals surface area contributed by atoms with Crippen molar-refractivity contribution in [2.45, 2.75) is 0 Å². The summed E-state index contributed by atoms with van der Waals surface area (Å²) < 4.78 is 0. The van der Waals surface area contributed by atoms with Crippen LogP contribution in [0.5, 0.6) is 0 Å². The zero-order valence-corrected chi connectivity index (χ0v) is 12.5. The van der Waals surface area contributed by atoms with Gasteiger partial charge in [0.1, 0.15) is 0 Å². The van der Waals surface area contributed by atoms with Crippen molar-refractivity contribution in [2.75, 3.05) is 38.0 Å². The van der Waals surface area contributed by atoms with Crippen LogP contribution in [0.4, 0.5) is 11.4 Å². The largest absolute Gasteiger partial charge is 0.377 e. The average molecular weight is 264 g/mol. The van der Waals surface area contributed by atoms with E-state index in [9.17, 15) is 0 Å². The summed E-state index contributed by atoms with van der Waals surface area (Å²) in [6.45, 7) is 0. The molecule has 0 saturated heterocycles. The van der Waals surface area contributed by atoms with Crippen molar-refractivity contribution >= 4 is 32.9 Å². The van der Waals surface area contributed by atoms with E-state index in [1.807, 2.05) is 0 Å². The third-order valence-corrected chi connectivity index (χ3v) is 3.77. The number of hydrogen-bond acceptors (Lipinski definition) is 2. The minimum Gasteiger partial charge on any atom is -0.377 e. The van der Waals surface area contributed by atoms with Crippen LogP contribution in [0.2, 0.25) is 0 Å². The summed E-state index contributed by atoms with van der Waals surface area (Å²) in [5.74, 6) is 0. The van der Waals surface area contributed by atoms with Gasteiger partial charge in [-0.25, -0.2) is 0 Å². The molecule has 0 bridgehead atoms. The third kappa shape index (κ3) is 1.88. The minimum absolute atomic E-state index is 1.26. The molecular formula is C18H20N2. The molecule has 0 aromatic heterocycles. The van der Waals surface area contributed by atoms with Crippen LogP contribution in [0.15, 0.2) is 48.5 Å². The Balaban J connectivity index is 2.56. The van der Waals surface area contributed by atoms with E-state index in [4.69, 9.17) is 0 Å². The van der Waals surface area contributed by atoms with E-state index in [2.05, 4.69) is 86.5 Å².